The second kappa shape index (κ2) is 5.49. The Kier molecular flexibility index (Phi) is 3.53. The van der Waals surface area contributed by atoms with Crippen LogP contribution in [0.15, 0.2) is 36.4 Å². The molecule has 0 saturated carbocycles. The van der Waals surface area contributed by atoms with Crippen LogP contribution in [0.3, 0.4) is 0 Å². The van der Waals surface area contributed by atoms with Crippen molar-refractivity contribution in [2.75, 3.05) is 7.11 Å². The van der Waals surface area contributed by atoms with Gasteiger partial charge in [0.25, 0.3) is 0 Å². The summed E-state index contributed by atoms with van der Waals surface area (Å²) in [5.74, 6) is 0.201. The maximum absolute atomic E-state index is 13.3. The fraction of sp³-hybridized carbons (Fsp3) is 0.200. The summed E-state index contributed by atoms with van der Waals surface area (Å²) in [4.78, 5) is 3.87. The molecule has 3 aromatic rings. The average molecular weight is 287 g/mol. The van der Waals surface area contributed by atoms with Gasteiger partial charge in [-0.05, 0) is 29.8 Å². The van der Waals surface area contributed by atoms with Crippen molar-refractivity contribution in [2.45, 2.75) is 13.2 Å². The van der Waals surface area contributed by atoms with Gasteiger partial charge in [-0.2, -0.15) is 14.5 Å². The van der Waals surface area contributed by atoms with Gasteiger partial charge in [0.05, 0.1) is 26.0 Å². The molecule has 5 nitrogen and oxygen atoms in total. The Morgan fingerprint density at radius 2 is 1.95 bits per heavy atom. The van der Waals surface area contributed by atoms with E-state index in [1.54, 1.807) is 17.9 Å². The van der Waals surface area contributed by atoms with Gasteiger partial charge in [-0.25, -0.2) is 4.68 Å². The molecule has 21 heavy (non-hydrogen) atoms. The predicted molar refractivity (Wildman–Crippen MR) is 75.5 cm³/mol. The molecule has 1 N–H and O–H groups in total. The highest BCUT2D eigenvalue weighted by atomic mass is 19.1. The average Bonchev–Trinajstić information content (AvgIpc) is 2.85. The molecule has 0 unspecified atom stereocenters. The number of aliphatic hydroxyl groups is 1. The molecule has 6 heteroatoms. The van der Waals surface area contributed by atoms with Crippen molar-refractivity contribution in [3.63, 3.8) is 0 Å². The third kappa shape index (κ3) is 2.57. The first-order valence-corrected chi connectivity index (χ1v) is 6.47. The molecule has 0 atom stereocenters. The highest BCUT2D eigenvalue weighted by molar-refractivity contribution is 5.78. The summed E-state index contributed by atoms with van der Waals surface area (Å²) in [6.45, 7) is 0.233. The lowest BCUT2D eigenvalue weighted by Gasteiger charge is -2.05. The van der Waals surface area contributed by atoms with E-state index in [0.29, 0.717) is 23.3 Å². The summed E-state index contributed by atoms with van der Waals surface area (Å²) in [7, 11) is 1.61. The van der Waals surface area contributed by atoms with Gasteiger partial charge in [0.1, 0.15) is 5.75 Å². The topological polar surface area (TPSA) is 60.2 Å². The van der Waals surface area contributed by atoms with Gasteiger partial charge in [-0.15, -0.1) is 0 Å². The molecule has 0 spiro atoms. The second-order valence-electron chi connectivity index (χ2n) is 4.62. The molecule has 1 aromatic carbocycles. The fourth-order valence-corrected chi connectivity index (χ4v) is 2.23. The van der Waals surface area contributed by atoms with Crippen LogP contribution in [0.4, 0.5) is 4.39 Å². The number of hydrogen-bond acceptors (Lipinski definition) is 4. The first kappa shape index (κ1) is 13.5. The number of methoxy groups -OCH3 is 1. The summed E-state index contributed by atoms with van der Waals surface area (Å²) in [6.07, 6.45) is 0. The van der Waals surface area contributed by atoms with Crippen molar-refractivity contribution in [1.29, 1.82) is 0 Å². The van der Waals surface area contributed by atoms with E-state index in [1.807, 2.05) is 24.3 Å². The van der Waals surface area contributed by atoms with Crippen LogP contribution >= 0.6 is 0 Å². The third-order valence-electron chi connectivity index (χ3n) is 3.28. The van der Waals surface area contributed by atoms with Crippen LogP contribution in [0.25, 0.3) is 11.0 Å². The zero-order valence-electron chi connectivity index (χ0n) is 11.5. The molecule has 2 heterocycles. The van der Waals surface area contributed by atoms with Crippen molar-refractivity contribution in [2.24, 2.45) is 0 Å². The van der Waals surface area contributed by atoms with E-state index in [9.17, 15) is 9.50 Å². The van der Waals surface area contributed by atoms with Crippen molar-refractivity contribution in [3.05, 3.63) is 53.6 Å². The normalized spacial score (nSPS) is 11.0. The van der Waals surface area contributed by atoms with E-state index in [0.717, 1.165) is 11.3 Å². The highest BCUT2D eigenvalue weighted by Gasteiger charge is 2.12. The lowest BCUT2D eigenvalue weighted by molar-refractivity contribution is 0.276. The number of fused-ring (bicyclic) bond motifs is 1. The van der Waals surface area contributed by atoms with Crippen molar-refractivity contribution < 1.29 is 14.2 Å². The van der Waals surface area contributed by atoms with Crippen molar-refractivity contribution in [3.8, 4) is 5.75 Å². The summed E-state index contributed by atoms with van der Waals surface area (Å²) >= 11 is 0. The molecule has 0 aliphatic rings. The minimum atomic E-state index is -0.567. The number of aromatic nitrogens is 3. The van der Waals surface area contributed by atoms with Gasteiger partial charge in [0.15, 0.2) is 5.65 Å². The number of aliphatic hydroxyl groups excluding tert-OH is 1. The third-order valence-corrected chi connectivity index (χ3v) is 3.28. The Balaban J connectivity index is 2.00. The van der Waals surface area contributed by atoms with Crippen molar-refractivity contribution >= 4 is 11.0 Å². The van der Waals surface area contributed by atoms with E-state index in [1.165, 1.54) is 6.07 Å². The van der Waals surface area contributed by atoms with Crippen molar-refractivity contribution in [1.82, 2.24) is 14.8 Å². The van der Waals surface area contributed by atoms with Gasteiger partial charge in [0.2, 0.25) is 5.95 Å². The lowest BCUT2D eigenvalue weighted by Crippen LogP contribution is -2.03. The van der Waals surface area contributed by atoms with Crippen LogP contribution in [0.1, 0.15) is 11.3 Å². The second-order valence-corrected chi connectivity index (χ2v) is 4.62. The lowest BCUT2D eigenvalue weighted by atomic mass is 10.2. The van der Waals surface area contributed by atoms with E-state index < -0.39 is 5.95 Å². The number of ether oxygens (including phenoxy) is 1. The molecule has 0 aliphatic carbocycles. The Morgan fingerprint density at radius 1 is 1.19 bits per heavy atom. The number of nitrogens with zero attached hydrogens (tertiary/aromatic N) is 3. The predicted octanol–water partition coefficient (Wildman–Crippen LogP) is 2.12. The van der Waals surface area contributed by atoms with Gasteiger partial charge < -0.3 is 9.84 Å². The molecule has 2 aromatic heterocycles. The minimum Gasteiger partial charge on any atom is -0.497 e. The summed E-state index contributed by atoms with van der Waals surface area (Å²) in [6, 6.07) is 10.4. The molecular weight excluding hydrogens is 273 g/mol. The number of benzene rings is 1. The number of halogens is 1. The van der Waals surface area contributed by atoms with Gasteiger partial charge in [-0.1, -0.05) is 12.1 Å². The quantitative estimate of drug-likeness (QED) is 0.747. The highest BCUT2D eigenvalue weighted by Crippen LogP contribution is 2.19. The minimum absolute atomic E-state index is 0.209. The van der Waals surface area contributed by atoms with Crippen LogP contribution in [-0.2, 0) is 13.2 Å². The maximum Gasteiger partial charge on any atom is 0.214 e. The Morgan fingerprint density at radius 3 is 2.62 bits per heavy atom. The van der Waals surface area contributed by atoms with Crippen LogP contribution < -0.4 is 4.74 Å². The summed E-state index contributed by atoms with van der Waals surface area (Å²) in [5, 5.41) is 14.3. The zero-order chi connectivity index (χ0) is 14.8. The monoisotopic (exact) mass is 287 g/mol. The molecular formula is C15H14FN3O2. The van der Waals surface area contributed by atoms with Gasteiger partial charge in [-0.3, -0.25) is 0 Å². The molecule has 0 amide bonds. The van der Waals surface area contributed by atoms with E-state index >= 15 is 0 Å². The molecule has 0 saturated heterocycles. The maximum atomic E-state index is 13.3. The Bertz CT molecular complexity index is 768. The number of pyridine rings is 1. The molecule has 3 rings (SSSR count). The van der Waals surface area contributed by atoms with Gasteiger partial charge >= 0.3 is 0 Å². The standard InChI is InChI=1S/C15H14FN3O2/c1-21-11-4-2-10(3-5-11)8-19-15-12(13(9-20)18-19)6-7-14(16)17-15/h2-7,20H,8-9H2,1H3. The SMILES string of the molecule is COc1ccc(Cn2nc(CO)c3ccc(F)nc32)cc1. The first-order chi connectivity index (χ1) is 10.2. The van der Waals surface area contributed by atoms with Crippen LogP contribution in [0.2, 0.25) is 0 Å². The molecule has 108 valence electrons. The van der Waals surface area contributed by atoms with E-state index in [4.69, 9.17) is 4.74 Å². The Labute approximate surface area is 120 Å². The molecule has 0 bridgehead atoms. The first-order valence-electron chi connectivity index (χ1n) is 6.47. The molecule has 0 radical (unpaired) electrons. The number of hydrogen-bond donors (Lipinski definition) is 1. The van der Waals surface area contributed by atoms with E-state index in [-0.39, 0.29) is 6.61 Å². The summed E-state index contributed by atoms with van der Waals surface area (Å²) < 4.78 is 20.0. The molecule has 0 aliphatic heterocycles. The largest absolute Gasteiger partial charge is 0.497 e. The zero-order valence-corrected chi connectivity index (χ0v) is 11.5. The fourth-order valence-electron chi connectivity index (χ4n) is 2.23. The van der Waals surface area contributed by atoms with Gasteiger partial charge in [0, 0.05) is 5.39 Å². The summed E-state index contributed by atoms with van der Waals surface area (Å²) in [5.41, 5.74) is 1.90. The smallest absolute Gasteiger partial charge is 0.214 e. The van der Waals surface area contributed by atoms with Crippen LogP contribution in [0.5, 0.6) is 5.75 Å². The van der Waals surface area contributed by atoms with E-state index in [2.05, 4.69) is 10.1 Å². The molecule has 0 fully saturated rings. The van der Waals surface area contributed by atoms with Crippen LogP contribution in [0, 0.1) is 5.95 Å². The Hall–Kier alpha value is -2.47. The number of rotatable bonds is 4. The van der Waals surface area contributed by atoms with Crippen LogP contribution in [-0.4, -0.2) is 27.0 Å².